The third kappa shape index (κ3) is 4.67. The fourth-order valence-electron chi connectivity index (χ4n) is 4.51. The molecule has 0 aliphatic carbocycles. The van der Waals surface area contributed by atoms with E-state index in [4.69, 9.17) is 0 Å². The van der Waals surface area contributed by atoms with Crippen LogP contribution in [0, 0.1) is 5.41 Å². The average Bonchev–Trinajstić information content (AvgIpc) is 3.09. The number of para-hydroxylation sites is 1. The lowest BCUT2D eigenvalue weighted by atomic mass is 9.72. The number of rotatable bonds is 7. The molecule has 2 aromatic carbocycles. The van der Waals surface area contributed by atoms with Gasteiger partial charge in [0.2, 0.25) is 0 Å². The van der Waals surface area contributed by atoms with Gasteiger partial charge in [-0.2, -0.15) is 0 Å². The molecule has 0 atom stereocenters. The lowest BCUT2D eigenvalue weighted by Crippen LogP contribution is -2.26. The second kappa shape index (κ2) is 8.38. The molecule has 0 fully saturated rings. The van der Waals surface area contributed by atoms with Gasteiger partial charge in [0.15, 0.2) is 0 Å². The summed E-state index contributed by atoms with van der Waals surface area (Å²) < 4.78 is 1.77. The Morgan fingerprint density at radius 1 is 1.00 bits per heavy atom. The molecule has 0 bridgehead atoms. The summed E-state index contributed by atoms with van der Waals surface area (Å²) in [4.78, 5) is 2.32. The number of nitrogens with zero attached hydrogens (tertiary/aromatic N) is 4. The summed E-state index contributed by atoms with van der Waals surface area (Å²) in [6.45, 7) is 18.3. The van der Waals surface area contributed by atoms with Crippen molar-refractivity contribution in [3.8, 4) is 11.4 Å². The first-order chi connectivity index (χ1) is 14.1. The van der Waals surface area contributed by atoms with Gasteiger partial charge in [-0.15, -0.1) is 5.10 Å². The van der Waals surface area contributed by atoms with E-state index in [1.165, 1.54) is 5.56 Å². The lowest BCUT2D eigenvalue weighted by Gasteiger charge is -2.34. The molecule has 0 spiro atoms. The zero-order valence-electron chi connectivity index (χ0n) is 19.5. The first kappa shape index (κ1) is 22.3. The summed E-state index contributed by atoms with van der Waals surface area (Å²) >= 11 is 0. The molecule has 0 saturated heterocycles. The smallest absolute Gasteiger partial charge is 0.145 e. The highest BCUT2D eigenvalue weighted by molar-refractivity contribution is 5.77. The molecular weight excluding hydrogens is 372 g/mol. The number of hydrogen-bond donors (Lipinski definition) is 1. The van der Waals surface area contributed by atoms with Gasteiger partial charge in [-0.25, -0.2) is 4.68 Å². The van der Waals surface area contributed by atoms with Gasteiger partial charge in [0.25, 0.3) is 0 Å². The van der Waals surface area contributed by atoms with Crippen LogP contribution in [-0.2, 0) is 12.0 Å². The monoisotopic (exact) mass is 408 g/mol. The number of phenols is 1. The van der Waals surface area contributed by atoms with Crippen molar-refractivity contribution < 1.29 is 5.11 Å². The number of aromatic nitrogens is 3. The Kier molecular flexibility index (Phi) is 6.23. The Balaban J connectivity index is 2.20. The molecular formula is C25H36N4O. The summed E-state index contributed by atoms with van der Waals surface area (Å²) in [6, 6.07) is 12.1. The Hall–Kier alpha value is -2.40. The third-order valence-electron chi connectivity index (χ3n) is 5.79. The largest absolute Gasteiger partial charge is 0.505 e. The molecule has 0 radical (unpaired) electrons. The molecule has 0 unspecified atom stereocenters. The summed E-state index contributed by atoms with van der Waals surface area (Å²) in [5.41, 5.74) is 4.72. The van der Waals surface area contributed by atoms with Crippen molar-refractivity contribution in [2.45, 2.75) is 66.8 Å². The maximum atomic E-state index is 11.3. The number of fused-ring (bicyclic) bond motifs is 1. The minimum absolute atomic E-state index is 0.0465. The topological polar surface area (TPSA) is 54.2 Å². The van der Waals surface area contributed by atoms with Gasteiger partial charge in [-0.3, -0.25) is 4.90 Å². The predicted molar refractivity (Wildman–Crippen MR) is 124 cm³/mol. The van der Waals surface area contributed by atoms with Gasteiger partial charge < -0.3 is 5.11 Å². The molecule has 1 aromatic heterocycles. The van der Waals surface area contributed by atoms with Crippen molar-refractivity contribution in [3.05, 3.63) is 47.5 Å². The van der Waals surface area contributed by atoms with Gasteiger partial charge in [-0.1, -0.05) is 71.9 Å². The van der Waals surface area contributed by atoms with Crippen molar-refractivity contribution in [3.63, 3.8) is 0 Å². The molecule has 0 aliphatic rings. The molecule has 162 valence electrons. The minimum atomic E-state index is -0.0465. The minimum Gasteiger partial charge on any atom is -0.505 e. The molecule has 1 N–H and O–H groups in total. The number of phenolic OH excluding ortho intramolecular Hbond substituents is 1. The molecule has 30 heavy (non-hydrogen) atoms. The van der Waals surface area contributed by atoms with Crippen LogP contribution in [0.5, 0.6) is 5.75 Å². The van der Waals surface area contributed by atoms with Crippen molar-refractivity contribution >= 4 is 11.0 Å². The van der Waals surface area contributed by atoms with E-state index in [9.17, 15) is 5.11 Å². The van der Waals surface area contributed by atoms with E-state index in [2.05, 4.69) is 75.8 Å². The standard InChI is InChI=1S/C25H36N4O/c1-8-28(9-2)16-18-14-19(25(6,7)17-24(3,4)5)15-22(23(18)30)29-21-13-11-10-12-20(21)26-27-29/h10-15,30H,8-9,16-17H2,1-7H3. The van der Waals surface area contributed by atoms with Crippen molar-refractivity contribution in [1.29, 1.82) is 0 Å². The Morgan fingerprint density at radius 2 is 1.67 bits per heavy atom. The highest BCUT2D eigenvalue weighted by Gasteiger charge is 2.29. The van der Waals surface area contributed by atoms with Crippen LogP contribution < -0.4 is 0 Å². The summed E-state index contributed by atoms with van der Waals surface area (Å²) in [6.07, 6.45) is 1.03. The lowest BCUT2D eigenvalue weighted by molar-refractivity contribution is 0.280. The second-order valence-electron chi connectivity index (χ2n) is 10.1. The van der Waals surface area contributed by atoms with Gasteiger partial charge >= 0.3 is 0 Å². The van der Waals surface area contributed by atoms with E-state index >= 15 is 0 Å². The fourth-order valence-corrected chi connectivity index (χ4v) is 4.51. The van der Waals surface area contributed by atoms with Crippen LogP contribution in [0.15, 0.2) is 36.4 Å². The number of hydrogen-bond acceptors (Lipinski definition) is 4. The quantitative estimate of drug-likeness (QED) is 0.546. The third-order valence-corrected chi connectivity index (χ3v) is 5.79. The fraction of sp³-hybridized carbons (Fsp3) is 0.520. The van der Waals surface area contributed by atoms with Crippen LogP contribution in [0.4, 0.5) is 0 Å². The van der Waals surface area contributed by atoms with E-state index in [0.717, 1.165) is 36.1 Å². The Labute approximate surface area is 180 Å². The molecule has 0 amide bonds. The summed E-state index contributed by atoms with van der Waals surface area (Å²) in [5.74, 6) is 0.285. The molecule has 0 saturated carbocycles. The highest BCUT2D eigenvalue weighted by Crippen LogP contribution is 2.40. The summed E-state index contributed by atoms with van der Waals surface area (Å²) in [7, 11) is 0. The van der Waals surface area contributed by atoms with Crippen LogP contribution in [0.25, 0.3) is 16.7 Å². The van der Waals surface area contributed by atoms with Crippen LogP contribution in [0.1, 0.15) is 66.0 Å². The van der Waals surface area contributed by atoms with E-state index in [1.807, 2.05) is 24.3 Å². The molecule has 5 nitrogen and oxygen atoms in total. The summed E-state index contributed by atoms with van der Waals surface area (Å²) in [5, 5.41) is 19.9. The number of aromatic hydroxyl groups is 1. The predicted octanol–water partition coefficient (Wildman–Crippen LogP) is 5.68. The average molecular weight is 409 g/mol. The van der Waals surface area contributed by atoms with Crippen molar-refractivity contribution in [2.75, 3.05) is 13.1 Å². The maximum absolute atomic E-state index is 11.3. The zero-order valence-corrected chi connectivity index (χ0v) is 19.5. The second-order valence-corrected chi connectivity index (χ2v) is 10.1. The molecule has 5 heteroatoms. The van der Waals surface area contributed by atoms with Gasteiger partial charge in [0, 0.05) is 12.1 Å². The molecule has 3 aromatic rings. The molecule has 1 heterocycles. The van der Waals surface area contributed by atoms with Crippen LogP contribution in [0.2, 0.25) is 0 Å². The maximum Gasteiger partial charge on any atom is 0.145 e. The first-order valence-electron chi connectivity index (χ1n) is 11.0. The SMILES string of the molecule is CCN(CC)Cc1cc(C(C)(C)CC(C)(C)C)cc(-n2nnc3ccccc32)c1O. The van der Waals surface area contributed by atoms with E-state index in [0.29, 0.717) is 12.2 Å². The normalized spacial score (nSPS) is 12.8. The van der Waals surface area contributed by atoms with Gasteiger partial charge in [0.05, 0.1) is 5.52 Å². The van der Waals surface area contributed by atoms with Crippen LogP contribution in [0.3, 0.4) is 0 Å². The Morgan fingerprint density at radius 3 is 2.30 bits per heavy atom. The molecule has 3 rings (SSSR count). The first-order valence-corrected chi connectivity index (χ1v) is 11.0. The van der Waals surface area contributed by atoms with Gasteiger partial charge in [0.1, 0.15) is 17.0 Å². The van der Waals surface area contributed by atoms with E-state index < -0.39 is 0 Å². The number of benzene rings is 2. The highest BCUT2D eigenvalue weighted by atomic mass is 16.3. The molecule has 0 aliphatic heterocycles. The zero-order chi connectivity index (χ0) is 22.1. The van der Waals surface area contributed by atoms with Crippen LogP contribution >= 0.6 is 0 Å². The Bertz CT molecular complexity index is 1010. The van der Waals surface area contributed by atoms with Gasteiger partial charge in [-0.05, 0) is 54.1 Å². The van der Waals surface area contributed by atoms with Crippen LogP contribution in [-0.4, -0.2) is 38.1 Å². The van der Waals surface area contributed by atoms with Crippen molar-refractivity contribution in [2.24, 2.45) is 5.41 Å². The van der Waals surface area contributed by atoms with Crippen molar-refractivity contribution in [1.82, 2.24) is 19.9 Å². The van der Waals surface area contributed by atoms with E-state index in [-0.39, 0.29) is 16.6 Å². The van der Waals surface area contributed by atoms with E-state index in [1.54, 1.807) is 4.68 Å².